The molecule has 0 amide bonds. The molecule has 30 heavy (non-hydrogen) atoms. The molecule has 1 aromatic carbocycles. The minimum absolute atomic E-state index is 0.0740. The Hall–Kier alpha value is -3.23. The molecule has 3 heterocycles. The number of nitrogens with zero attached hydrogens (tertiary/aromatic N) is 4. The zero-order valence-electron chi connectivity index (χ0n) is 16.4. The van der Waals surface area contributed by atoms with Crippen LogP contribution in [0.25, 0.3) is 33.4 Å². The number of hydrogen-bond donors (Lipinski definition) is 1. The first kappa shape index (κ1) is 20.1. The Balaban J connectivity index is 1.68. The first-order chi connectivity index (χ1) is 14.2. The third-order valence-corrected chi connectivity index (χ3v) is 4.95. The average Bonchev–Trinajstić information content (AvgIpc) is 3.25. The van der Waals surface area contributed by atoms with E-state index >= 15 is 0 Å². The molecule has 5 nitrogen and oxygen atoms in total. The highest BCUT2D eigenvalue weighted by Gasteiger charge is 2.26. The van der Waals surface area contributed by atoms with Crippen molar-refractivity contribution in [2.75, 3.05) is 0 Å². The molecule has 0 spiro atoms. The third kappa shape index (κ3) is 4.05. The van der Waals surface area contributed by atoms with E-state index in [0.717, 1.165) is 10.9 Å². The molecular weight excluding hydrogens is 398 g/mol. The molecule has 0 saturated carbocycles. The Bertz CT molecular complexity index is 1180. The van der Waals surface area contributed by atoms with Crippen LogP contribution in [0.3, 0.4) is 0 Å². The number of nitrogens with one attached hydrogen (secondary N) is 1. The van der Waals surface area contributed by atoms with Gasteiger partial charge >= 0.3 is 6.18 Å². The number of aromatic nitrogens is 5. The summed E-state index contributed by atoms with van der Waals surface area (Å²) < 4.78 is 53.7. The number of H-pyrrole nitrogens is 1. The molecule has 0 aliphatic rings. The molecule has 1 N–H and O–H groups in total. The lowest BCUT2D eigenvalue weighted by Gasteiger charge is -2.11. The molecule has 0 aliphatic heterocycles. The predicted octanol–water partition coefficient (Wildman–Crippen LogP) is 5.36. The standard InChI is InChI=1S/C21H19F4N5/c1-12-6-13(4-3-5-21(23,24)25)7-16(22)19(12)17-8-15-18(10-26-17)28-29-20(15)14-9-27-30(2)11-14/h6-11H,3-5H2,1-2H3,(H,28,29). The SMILES string of the molecule is Cc1cc(CCCC(F)(F)F)cc(F)c1-c1cc2c(-c3cnn(C)c3)n[nH]c2cn1. The smallest absolute Gasteiger partial charge is 0.276 e. The number of halogens is 4. The van der Waals surface area contributed by atoms with Crippen LogP contribution in [0, 0.1) is 12.7 Å². The molecule has 9 heteroatoms. The van der Waals surface area contributed by atoms with Gasteiger partial charge < -0.3 is 0 Å². The molecule has 0 atom stereocenters. The normalized spacial score (nSPS) is 12.1. The fourth-order valence-electron chi connectivity index (χ4n) is 3.59. The van der Waals surface area contributed by atoms with Gasteiger partial charge in [0.05, 0.1) is 23.6 Å². The van der Waals surface area contributed by atoms with Crippen LogP contribution in [0.5, 0.6) is 0 Å². The number of alkyl halides is 3. The molecule has 0 fully saturated rings. The van der Waals surface area contributed by atoms with E-state index in [4.69, 9.17) is 0 Å². The highest BCUT2D eigenvalue weighted by atomic mass is 19.4. The largest absolute Gasteiger partial charge is 0.389 e. The molecule has 4 rings (SSSR count). The van der Waals surface area contributed by atoms with Gasteiger partial charge in [0.2, 0.25) is 0 Å². The van der Waals surface area contributed by atoms with Crippen LogP contribution in [0.1, 0.15) is 24.0 Å². The van der Waals surface area contributed by atoms with Crippen molar-refractivity contribution in [2.45, 2.75) is 32.4 Å². The van der Waals surface area contributed by atoms with Gasteiger partial charge in [0.15, 0.2) is 0 Å². The predicted molar refractivity (Wildman–Crippen MR) is 105 cm³/mol. The maximum absolute atomic E-state index is 14.9. The van der Waals surface area contributed by atoms with Gasteiger partial charge in [-0.15, -0.1) is 0 Å². The zero-order valence-corrected chi connectivity index (χ0v) is 16.4. The van der Waals surface area contributed by atoms with Gasteiger partial charge in [-0.1, -0.05) is 6.07 Å². The number of hydrogen-bond acceptors (Lipinski definition) is 3. The van der Waals surface area contributed by atoms with Gasteiger partial charge in [-0.2, -0.15) is 23.4 Å². The summed E-state index contributed by atoms with van der Waals surface area (Å²) in [5, 5.41) is 12.2. The average molecular weight is 417 g/mol. The summed E-state index contributed by atoms with van der Waals surface area (Å²) in [5.41, 5.74) is 4.13. The minimum atomic E-state index is -4.20. The van der Waals surface area contributed by atoms with Crippen LogP contribution in [0.4, 0.5) is 17.6 Å². The van der Waals surface area contributed by atoms with Crippen LogP contribution in [-0.4, -0.2) is 31.1 Å². The number of pyridine rings is 1. The Kier molecular flexibility index (Phi) is 5.05. The van der Waals surface area contributed by atoms with Crippen molar-refractivity contribution in [3.05, 3.63) is 53.7 Å². The molecule has 0 saturated heterocycles. The number of aryl methyl sites for hydroxylation is 3. The number of aromatic amines is 1. The number of benzene rings is 1. The molecule has 4 aromatic rings. The minimum Gasteiger partial charge on any atom is -0.276 e. The quantitative estimate of drug-likeness (QED) is 0.445. The van der Waals surface area contributed by atoms with Gasteiger partial charge in [-0.3, -0.25) is 14.8 Å². The van der Waals surface area contributed by atoms with Crippen molar-refractivity contribution in [3.8, 4) is 22.5 Å². The second-order valence-corrected chi connectivity index (χ2v) is 7.33. The summed E-state index contributed by atoms with van der Waals surface area (Å²) >= 11 is 0. The Morgan fingerprint density at radius 2 is 1.93 bits per heavy atom. The lowest BCUT2D eigenvalue weighted by Crippen LogP contribution is -2.07. The third-order valence-electron chi connectivity index (χ3n) is 4.95. The molecule has 0 bridgehead atoms. The van der Waals surface area contributed by atoms with Gasteiger partial charge in [-0.05, 0) is 43.0 Å². The first-order valence-electron chi connectivity index (χ1n) is 9.40. The maximum atomic E-state index is 14.9. The molecule has 156 valence electrons. The second kappa shape index (κ2) is 7.55. The summed E-state index contributed by atoms with van der Waals surface area (Å²) in [6.45, 7) is 1.73. The van der Waals surface area contributed by atoms with E-state index in [1.165, 1.54) is 6.07 Å². The van der Waals surface area contributed by atoms with Crippen LogP contribution in [0.2, 0.25) is 0 Å². The Morgan fingerprint density at radius 1 is 1.13 bits per heavy atom. The molecule has 0 aliphatic carbocycles. The van der Waals surface area contributed by atoms with E-state index in [0.29, 0.717) is 33.6 Å². The van der Waals surface area contributed by atoms with Crippen LogP contribution >= 0.6 is 0 Å². The topological polar surface area (TPSA) is 59.4 Å². The monoisotopic (exact) mass is 417 g/mol. The van der Waals surface area contributed by atoms with Crippen molar-refractivity contribution >= 4 is 10.9 Å². The summed E-state index contributed by atoms with van der Waals surface area (Å²) in [6, 6.07) is 4.77. The maximum Gasteiger partial charge on any atom is 0.389 e. The lowest BCUT2D eigenvalue weighted by atomic mass is 9.97. The number of rotatable bonds is 5. The highest BCUT2D eigenvalue weighted by Crippen LogP contribution is 2.32. The highest BCUT2D eigenvalue weighted by molar-refractivity contribution is 5.94. The van der Waals surface area contributed by atoms with Crippen LogP contribution in [-0.2, 0) is 13.5 Å². The second-order valence-electron chi connectivity index (χ2n) is 7.33. The zero-order chi connectivity index (χ0) is 21.5. The van der Waals surface area contributed by atoms with E-state index in [1.54, 1.807) is 43.2 Å². The first-order valence-corrected chi connectivity index (χ1v) is 9.40. The van der Waals surface area contributed by atoms with E-state index in [2.05, 4.69) is 20.3 Å². The van der Waals surface area contributed by atoms with Crippen LogP contribution in [0.15, 0.2) is 36.8 Å². The molecule has 3 aromatic heterocycles. The molecule has 0 unspecified atom stereocenters. The van der Waals surface area contributed by atoms with Crippen molar-refractivity contribution in [1.29, 1.82) is 0 Å². The van der Waals surface area contributed by atoms with Crippen molar-refractivity contribution in [1.82, 2.24) is 25.0 Å². The summed E-state index contributed by atoms with van der Waals surface area (Å²) in [5.74, 6) is -0.504. The fraction of sp³-hybridized carbons (Fsp3) is 0.286. The lowest BCUT2D eigenvalue weighted by molar-refractivity contribution is -0.135. The van der Waals surface area contributed by atoms with E-state index in [9.17, 15) is 17.6 Å². The van der Waals surface area contributed by atoms with Gasteiger partial charge in [0, 0.05) is 36.2 Å². The Labute approximate surface area is 169 Å². The van der Waals surface area contributed by atoms with Gasteiger partial charge in [0.1, 0.15) is 11.5 Å². The van der Waals surface area contributed by atoms with Crippen molar-refractivity contribution in [2.24, 2.45) is 7.05 Å². The van der Waals surface area contributed by atoms with E-state index in [-0.39, 0.29) is 12.8 Å². The fourth-order valence-corrected chi connectivity index (χ4v) is 3.59. The van der Waals surface area contributed by atoms with Crippen LogP contribution < -0.4 is 0 Å². The molecular formula is C21H19F4N5. The van der Waals surface area contributed by atoms with Gasteiger partial charge in [-0.25, -0.2) is 4.39 Å². The summed E-state index contributed by atoms with van der Waals surface area (Å²) in [6.07, 6.45) is 0.114. The van der Waals surface area contributed by atoms with Crippen molar-refractivity contribution in [3.63, 3.8) is 0 Å². The van der Waals surface area contributed by atoms with Gasteiger partial charge in [0.25, 0.3) is 0 Å². The van der Waals surface area contributed by atoms with Crippen molar-refractivity contribution < 1.29 is 17.6 Å². The van der Waals surface area contributed by atoms with E-state index < -0.39 is 18.4 Å². The number of fused-ring (bicyclic) bond motifs is 1. The Morgan fingerprint density at radius 3 is 2.60 bits per heavy atom. The summed E-state index contributed by atoms with van der Waals surface area (Å²) in [7, 11) is 1.81. The van der Waals surface area contributed by atoms with E-state index in [1.807, 2.05) is 6.20 Å². The summed E-state index contributed by atoms with van der Waals surface area (Å²) in [4.78, 5) is 4.35. The molecule has 0 radical (unpaired) electrons.